The molecule has 0 fully saturated rings. The number of hydrogen-bond acceptors (Lipinski definition) is 1. The van der Waals surface area contributed by atoms with Crippen LogP contribution in [0.5, 0.6) is 0 Å². The highest BCUT2D eigenvalue weighted by molar-refractivity contribution is 6.77. The summed E-state index contributed by atoms with van der Waals surface area (Å²) in [5.41, 5.74) is 6.28. The number of para-hydroxylation sites is 1. The van der Waals surface area contributed by atoms with E-state index < -0.39 is 0 Å². The number of fused-ring (bicyclic) bond motifs is 3. The van der Waals surface area contributed by atoms with Gasteiger partial charge in [0.05, 0.1) is 0 Å². The lowest BCUT2D eigenvalue weighted by Gasteiger charge is -2.30. The maximum absolute atomic E-state index is 7.25. The first-order chi connectivity index (χ1) is 32.8. The fourth-order valence-corrected chi connectivity index (χ4v) is 11.2. The molecule has 0 saturated carbocycles. The molecule has 69 heavy (non-hydrogen) atoms. The molecule has 0 amide bonds. The van der Waals surface area contributed by atoms with Gasteiger partial charge in [-0.2, -0.15) is 0 Å². The largest absolute Gasteiger partial charge is 0.456 e. The molecular weight excluding hydrogens is 811 g/mol. The van der Waals surface area contributed by atoms with Crippen molar-refractivity contribution in [3.8, 4) is 33.4 Å². The third kappa shape index (κ3) is 5.52. The topological polar surface area (TPSA) is 13.1 Å². The van der Waals surface area contributed by atoms with Crippen LogP contribution in [-0.2, 0) is 0 Å². The third-order valence-corrected chi connectivity index (χ3v) is 14.4. The summed E-state index contributed by atoms with van der Waals surface area (Å²) in [5.74, 6) is 0. The van der Waals surface area contributed by atoms with Gasteiger partial charge in [-0.05, 0) is 128 Å². The summed E-state index contributed by atoms with van der Waals surface area (Å²) in [6.07, 6.45) is 0. The zero-order valence-electron chi connectivity index (χ0n) is 36.6. The quantitative estimate of drug-likeness (QED) is 0.128. The van der Waals surface area contributed by atoms with Gasteiger partial charge in [0.15, 0.2) is 0 Å². The summed E-state index contributed by atoms with van der Waals surface area (Å²) in [6, 6.07) is 19.3. The fraction of sp³-hybridized carbons (Fsp3) is 0. The Kier molecular flexibility index (Phi) is 9.70. The van der Waals surface area contributed by atoms with Crippen LogP contribution in [0, 0.1) is 0 Å². The molecule has 0 aliphatic heterocycles. The molecule has 0 unspecified atom stereocenters. The summed E-state index contributed by atoms with van der Waals surface area (Å²) in [6.45, 7) is 0. The van der Waals surface area contributed by atoms with Gasteiger partial charge in [0.2, 0.25) is 0 Å². The van der Waals surface area contributed by atoms with E-state index in [0.29, 0.717) is 104 Å². The van der Waals surface area contributed by atoms with Crippen LogP contribution >= 0.6 is 0 Å². The lowest BCUT2D eigenvalue weighted by Crippen LogP contribution is -2.48. The Bertz CT molecular complexity index is 4130. The summed E-state index contributed by atoms with van der Waals surface area (Å²) < 4.78 is 6.38. The second-order valence-corrected chi connectivity index (χ2v) is 17.8. The first kappa shape index (κ1) is 44.7. The Morgan fingerprint density at radius 3 is 0.942 bits per heavy atom. The van der Waals surface area contributed by atoms with Crippen LogP contribution in [0.3, 0.4) is 0 Å². The second kappa shape index (κ2) is 15.0. The van der Waals surface area contributed by atoms with Crippen LogP contribution in [0.4, 0.5) is 0 Å². The Balaban J connectivity index is 1.32. The molecule has 1 heterocycles. The number of rotatable bonds is 3. The van der Waals surface area contributed by atoms with E-state index in [1.807, 2.05) is 60.7 Å². The normalized spacial score (nSPS) is 12.2. The first-order valence-corrected chi connectivity index (χ1v) is 21.4. The van der Waals surface area contributed by atoms with Crippen molar-refractivity contribution in [3.05, 3.63) is 60.7 Å². The highest BCUT2D eigenvalue weighted by Crippen LogP contribution is 2.43. The van der Waals surface area contributed by atoms with Gasteiger partial charge < -0.3 is 4.42 Å². The molecule has 1 aromatic heterocycles. The molecule has 0 aliphatic carbocycles. The lowest BCUT2D eigenvalue weighted by atomic mass is 9.58. The van der Waals surface area contributed by atoms with E-state index in [-0.39, 0.29) is 98.3 Å². The van der Waals surface area contributed by atoms with Crippen LogP contribution in [0.25, 0.3) is 120 Å². The van der Waals surface area contributed by atoms with Crippen LogP contribution in [0.2, 0.25) is 0 Å². The Morgan fingerprint density at radius 1 is 0.232 bits per heavy atom. The van der Waals surface area contributed by atoms with Crippen LogP contribution in [0.1, 0.15) is 0 Å². The van der Waals surface area contributed by atoms with Crippen molar-refractivity contribution in [1.29, 1.82) is 0 Å². The monoisotopic (exact) mass is 824 g/mol. The highest BCUT2D eigenvalue weighted by Gasteiger charge is 2.28. The zero-order valence-corrected chi connectivity index (χ0v) is 36.6. The fourth-order valence-electron chi connectivity index (χ4n) is 11.2. The molecule has 0 saturated heterocycles. The molecule has 12 rings (SSSR count). The van der Waals surface area contributed by atoms with Crippen LogP contribution in [0.15, 0.2) is 65.1 Å². The molecule has 0 spiro atoms. The van der Waals surface area contributed by atoms with Crippen molar-refractivity contribution in [3.63, 3.8) is 0 Å². The van der Waals surface area contributed by atoms with Crippen molar-refractivity contribution in [2.45, 2.75) is 0 Å². The van der Waals surface area contributed by atoms with Crippen LogP contribution < -0.4 is 98.3 Å². The van der Waals surface area contributed by atoms with Crippen molar-refractivity contribution in [2.24, 2.45) is 0 Å². The SMILES string of the molecule is [B]c1c([B])c2c([B])c([B])c3c([B])c([B])c(-c4cc(-c5c([B])c([B])c6c([B])c([B])c7c([B])c([B])c([B])c8c([B])c([B])c5c6c78)cc(-c5cccc6oc7ccccc7c56)c4)c4c([B])c([B])c(c1[B])c2c34. The summed E-state index contributed by atoms with van der Waals surface area (Å²) in [7, 11) is 124. The lowest BCUT2D eigenvalue weighted by molar-refractivity contribution is 0.669. The molecule has 0 aliphatic rings. The van der Waals surface area contributed by atoms with E-state index in [1.54, 1.807) is 0 Å². The van der Waals surface area contributed by atoms with Crippen molar-refractivity contribution in [2.75, 3.05) is 0 Å². The number of benzene rings is 11. The summed E-state index contributed by atoms with van der Waals surface area (Å²) in [4.78, 5) is 0. The van der Waals surface area contributed by atoms with E-state index in [2.05, 4.69) is 0 Å². The Labute approximate surface area is 422 Å². The molecule has 0 atom stereocenters. The number of furan rings is 1. The maximum atomic E-state index is 7.25. The van der Waals surface area contributed by atoms with Crippen molar-refractivity contribution in [1.82, 2.24) is 0 Å². The minimum Gasteiger partial charge on any atom is -0.456 e. The zero-order chi connectivity index (χ0) is 48.9. The molecule has 270 valence electrons. The smallest absolute Gasteiger partial charge is 0.136 e. The van der Waals surface area contributed by atoms with Gasteiger partial charge in [0.25, 0.3) is 0 Å². The van der Waals surface area contributed by atoms with Gasteiger partial charge in [0, 0.05) is 10.8 Å². The molecule has 1 nitrogen and oxygen atoms in total. The maximum Gasteiger partial charge on any atom is 0.136 e. The second-order valence-electron chi connectivity index (χ2n) is 17.8. The predicted octanol–water partition coefficient (Wildman–Crippen LogP) is -7.33. The average molecular weight is 821 g/mol. The first-order valence-electron chi connectivity index (χ1n) is 21.4. The molecule has 11 aromatic carbocycles. The standard InChI is InChI=1S/C50H10B18O/c51-33-18(25-21-23-29(39(57)35(25)53)45(63)49(67)47(65)31(23)43(61)41(59)27(21)37(33)55)12-8-11(14-5-3-7-17-20(14)15-4-1-2-6-16(15)69-17)9-13(10-12)19-26-22-24-30(40(58)36(26)54)46(64)50(68)48(66)32(24)44(62)42(60)28(22)38(56)34(19)52/h1-10H. The Morgan fingerprint density at radius 2 is 0.536 bits per heavy atom. The van der Waals surface area contributed by atoms with Crippen LogP contribution in [-0.4, -0.2) is 141 Å². The van der Waals surface area contributed by atoms with Gasteiger partial charge in [0.1, 0.15) is 152 Å². The average Bonchev–Trinajstić information content (AvgIpc) is 3.72. The van der Waals surface area contributed by atoms with Gasteiger partial charge in [-0.15, -0.1) is 10.9 Å². The summed E-state index contributed by atoms with van der Waals surface area (Å²) in [5, 5.41) is 6.24. The molecular formula is C50H10B18O. The highest BCUT2D eigenvalue weighted by atomic mass is 16.3. The van der Waals surface area contributed by atoms with Gasteiger partial charge in [-0.3, -0.25) is 0 Å². The van der Waals surface area contributed by atoms with Crippen molar-refractivity contribution >= 4 is 326 Å². The number of hydrogen-bond donors (Lipinski definition) is 0. The Hall–Kier alpha value is -5.53. The molecule has 19 heteroatoms. The predicted molar refractivity (Wildman–Crippen MR) is 314 cm³/mol. The molecule has 0 N–H and O–H groups in total. The summed E-state index contributed by atoms with van der Waals surface area (Å²) >= 11 is 0. The van der Waals surface area contributed by atoms with E-state index in [1.165, 1.54) is 0 Å². The minimum atomic E-state index is 0.0624. The van der Waals surface area contributed by atoms with E-state index >= 15 is 0 Å². The van der Waals surface area contributed by atoms with E-state index in [4.69, 9.17) is 146 Å². The van der Waals surface area contributed by atoms with Gasteiger partial charge >= 0.3 is 0 Å². The molecule has 36 radical (unpaired) electrons. The van der Waals surface area contributed by atoms with Gasteiger partial charge in [-0.1, -0.05) is 118 Å². The minimum absolute atomic E-state index is 0.0624. The molecule has 12 aromatic rings. The molecule has 0 bridgehead atoms. The third-order valence-electron chi connectivity index (χ3n) is 14.4. The van der Waals surface area contributed by atoms with E-state index in [0.717, 1.165) is 16.3 Å². The van der Waals surface area contributed by atoms with E-state index in [9.17, 15) is 0 Å². The van der Waals surface area contributed by atoms with Crippen molar-refractivity contribution < 1.29 is 4.42 Å². The van der Waals surface area contributed by atoms with Gasteiger partial charge in [-0.25, -0.2) is 0 Å².